The average molecular weight is 213 g/mol. The topological polar surface area (TPSA) is 92.5 Å². The maximum atomic E-state index is 5.71. The van der Waals surface area contributed by atoms with Crippen LogP contribution in [-0.2, 0) is 0 Å². The number of halogens is 1. The lowest BCUT2D eigenvalue weighted by Gasteiger charge is -2.09. The van der Waals surface area contributed by atoms with Crippen LogP contribution in [0.1, 0.15) is 6.92 Å². The Morgan fingerprint density at radius 2 is 2.36 bits per heavy atom. The molecule has 6 nitrogen and oxygen atoms in total. The van der Waals surface area contributed by atoms with E-state index in [1.54, 1.807) is 6.92 Å². The molecule has 0 saturated carbocycles. The highest BCUT2D eigenvalue weighted by Gasteiger charge is 2.08. The van der Waals surface area contributed by atoms with Crippen LogP contribution in [0.3, 0.4) is 0 Å². The first-order chi connectivity index (χ1) is 6.66. The molecule has 4 N–H and O–H groups in total. The fraction of sp³-hybridized carbons (Fsp3) is 0.286. The lowest BCUT2D eigenvalue weighted by Crippen LogP contribution is -2.26. The Balaban J connectivity index is 2.55. The molecule has 0 aliphatic rings. The van der Waals surface area contributed by atoms with E-state index in [0.29, 0.717) is 17.0 Å². The van der Waals surface area contributed by atoms with Gasteiger partial charge in [-0.05, 0) is 18.5 Å². The largest absolute Gasteiger partial charge is 0.353 e. The van der Waals surface area contributed by atoms with Crippen LogP contribution < -0.4 is 11.1 Å². The highest BCUT2D eigenvalue weighted by atomic mass is 35.5. The van der Waals surface area contributed by atoms with Crippen molar-refractivity contribution in [3.63, 3.8) is 0 Å². The van der Waals surface area contributed by atoms with Crippen molar-refractivity contribution in [3.8, 4) is 0 Å². The summed E-state index contributed by atoms with van der Waals surface area (Å²) in [6, 6.07) is 0. The second-order valence-electron chi connectivity index (χ2n) is 2.88. The van der Waals surface area contributed by atoms with Crippen molar-refractivity contribution < 1.29 is 0 Å². The van der Waals surface area contributed by atoms with Gasteiger partial charge in [0.15, 0.2) is 11.5 Å². The Labute approximate surface area is 84.9 Å². The lowest BCUT2D eigenvalue weighted by atomic mass is 10.4. The van der Waals surface area contributed by atoms with Crippen molar-refractivity contribution in [3.05, 3.63) is 11.6 Å². The number of aromatic amines is 1. The van der Waals surface area contributed by atoms with Gasteiger partial charge in [-0.1, -0.05) is 0 Å². The van der Waals surface area contributed by atoms with Crippen LogP contribution in [0.15, 0.2) is 6.33 Å². The molecule has 0 aromatic carbocycles. The molecule has 2 rings (SSSR count). The van der Waals surface area contributed by atoms with E-state index in [1.807, 2.05) is 0 Å². The van der Waals surface area contributed by atoms with Crippen molar-refractivity contribution >= 4 is 28.6 Å². The minimum Gasteiger partial charge on any atom is -0.353 e. The van der Waals surface area contributed by atoms with E-state index in [-0.39, 0.29) is 11.4 Å². The van der Waals surface area contributed by atoms with E-state index in [4.69, 9.17) is 17.3 Å². The van der Waals surface area contributed by atoms with Crippen LogP contribution in [0, 0.1) is 0 Å². The van der Waals surface area contributed by atoms with Gasteiger partial charge in [-0.15, -0.1) is 0 Å². The Kier molecular flexibility index (Phi) is 2.22. The standard InChI is InChI=1S/C7H9ClN6/c1-3(9)12-6-4-5(11-2-10-4)13-7(8)14-6/h2-3H,9H2,1H3,(H2,10,11,12,13,14). The first-order valence-electron chi connectivity index (χ1n) is 4.05. The summed E-state index contributed by atoms with van der Waals surface area (Å²) < 4.78 is 0. The second kappa shape index (κ2) is 3.39. The van der Waals surface area contributed by atoms with Crippen LogP contribution in [0.4, 0.5) is 5.82 Å². The van der Waals surface area contributed by atoms with Crippen molar-refractivity contribution in [2.24, 2.45) is 5.73 Å². The molecule has 0 saturated heterocycles. The molecular weight excluding hydrogens is 204 g/mol. The molecule has 2 aromatic rings. The van der Waals surface area contributed by atoms with Gasteiger partial charge in [-0.25, -0.2) is 4.98 Å². The monoisotopic (exact) mass is 212 g/mol. The number of anilines is 1. The summed E-state index contributed by atoms with van der Waals surface area (Å²) in [5.74, 6) is 0.563. The van der Waals surface area contributed by atoms with Crippen LogP contribution in [0.2, 0.25) is 5.28 Å². The molecule has 0 bridgehead atoms. The normalized spacial score (nSPS) is 13.1. The molecular formula is C7H9ClN6. The van der Waals surface area contributed by atoms with Gasteiger partial charge in [0.2, 0.25) is 5.28 Å². The molecule has 2 heterocycles. The van der Waals surface area contributed by atoms with E-state index in [0.717, 1.165) is 0 Å². The molecule has 0 amide bonds. The van der Waals surface area contributed by atoms with E-state index in [2.05, 4.69) is 25.3 Å². The molecule has 74 valence electrons. The molecule has 0 aliphatic carbocycles. The zero-order chi connectivity index (χ0) is 10.1. The minimum atomic E-state index is -0.215. The van der Waals surface area contributed by atoms with Gasteiger partial charge in [0.25, 0.3) is 0 Å². The van der Waals surface area contributed by atoms with Crippen LogP contribution in [0.25, 0.3) is 11.2 Å². The van der Waals surface area contributed by atoms with Gasteiger partial charge in [0.1, 0.15) is 5.52 Å². The zero-order valence-electron chi connectivity index (χ0n) is 7.45. The van der Waals surface area contributed by atoms with Gasteiger partial charge in [-0.2, -0.15) is 9.97 Å². The molecule has 0 spiro atoms. The predicted molar refractivity (Wildman–Crippen MR) is 54.0 cm³/mol. The van der Waals surface area contributed by atoms with Crippen LogP contribution in [-0.4, -0.2) is 26.1 Å². The summed E-state index contributed by atoms with van der Waals surface area (Å²) in [4.78, 5) is 14.8. The summed E-state index contributed by atoms with van der Waals surface area (Å²) >= 11 is 5.71. The number of aromatic nitrogens is 4. The molecule has 0 radical (unpaired) electrons. The third kappa shape index (κ3) is 1.61. The molecule has 7 heteroatoms. The summed E-state index contributed by atoms with van der Waals surface area (Å²) in [7, 11) is 0. The number of hydrogen-bond acceptors (Lipinski definition) is 5. The average Bonchev–Trinajstić information content (AvgIpc) is 2.50. The van der Waals surface area contributed by atoms with E-state index < -0.39 is 0 Å². The van der Waals surface area contributed by atoms with Gasteiger partial charge < -0.3 is 16.0 Å². The van der Waals surface area contributed by atoms with Gasteiger partial charge in [-0.3, -0.25) is 0 Å². The summed E-state index contributed by atoms with van der Waals surface area (Å²) in [6.45, 7) is 1.80. The van der Waals surface area contributed by atoms with Crippen molar-refractivity contribution in [2.45, 2.75) is 13.1 Å². The summed E-state index contributed by atoms with van der Waals surface area (Å²) in [5.41, 5.74) is 6.81. The summed E-state index contributed by atoms with van der Waals surface area (Å²) in [5, 5.41) is 3.09. The lowest BCUT2D eigenvalue weighted by molar-refractivity contribution is 0.844. The molecule has 0 aliphatic heterocycles. The van der Waals surface area contributed by atoms with E-state index >= 15 is 0 Å². The maximum absolute atomic E-state index is 5.71. The quantitative estimate of drug-likeness (QED) is 0.504. The SMILES string of the molecule is CC(N)Nc1nc(Cl)nc2nc[nH]c12. The van der Waals surface area contributed by atoms with Crippen LogP contribution in [0.5, 0.6) is 0 Å². The third-order valence-corrected chi connectivity index (χ3v) is 1.79. The van der Waals surface area contributed by atoms with Gasteiger partial charge >= 0.3 is 0 Å². The number of rotatable bonds is 2. The molecule has 1 unspecified atom stereocenters. The third-order valence-electron chi connectivity index (χ3n) is 1.62. The van der Waals surface area contributed by atoms with Gasteiger partial charge in [0.05, 0.1) is 12.5 Å². The highest BCUT2D eigenvalue weighted by molar-refractivity contribution is 6.28. The number of nitrogens with two attached hydrogens (primary N) is 1. The minimum absolute atomic E-state index is 0.146. The number of H-pyrrole nitrogens is 1. The Morgan fingerprint density at radius 1 is 1.57 bits per heavy atom. The molecule has 14 heavy (non-hydrogen) atoms. The first kappa shape index (κ1) is 9.17. The Morgan fingerprint density at radius 3 is 3.07 bits per heavy atom. The van der Waals surface area contributed by atoms with Crippen LogP contribution >= 0.6 is 11.6 Å². The number of nitrogens with one attached hydrogen (secondary N) is 2. The highest BCUT2D eigenvalue weighted by Crippen LogP contribution is 2.18. The smallest absolute Gasteiger partial charge is 0.226 e. The Bertz CT molecular complexity index is 450. The first-order valence-corrected chi connectivity index (χ1v) is 4.43. The van der Waals surface area contributed by atoms with Gasteiger partial charge in [0, 0.05) is 0 Å². The van der Waals surface area contributed by atoms with Crippen molar-refractivity contribution in [2.75, 3.05) is 5.32 Å². The fourth-order valence-electron chi connectivity index (χ4n) is 1.13. The number of fused-ring (bicyclic) bond motifs is 1. The fourth-order valence-corrected chi connectivity index (χ4v) is 1.29. The Hall–Kier alpha value is -1.40. The summed E-state index contributed by atoms with van der Waals surface area (Å²) in [6.07, 6.45) is 1.31. The predicted octanol–water partition coefficient (Wildman–Crippen LogP) is 0.723. The number of imidazole rings is 1. The van der Waals surface area contributed by atoms with Crippen molar-refractivity contribution in [1.82, 2.24) is 19.9 Å². The maximum Gasteiger partial charge on any atom is 0.226 e. The molecule has 0 fully saturated rings. The zero-order valence-corrected chi connectivity index (χ0v) is 8.21. The number of nitrogens with zero attached hydrogens (tertiary/aromatic N) is 3. The van der Waals surface area contributed by atoms with Crippen molar-refractivity contribution in [1.29, 1.82) is 0 Å². The molecule has 1 atom stereocenters. The number of hydrogen-bond donors (Lipinski definition) is 3. The second-order valence-corrected chi connectivity index (χ2v) is 3.21. The molecule has 2 aromatic heterocycles. The van der Waals surface area contributed by atoms with E-state index in [9.17, 15) is 0 Å². The van der Waals surface area contributed by atoms with E-state index in [1.165, 1.54) is 6.33 Å².